The second kappa shape index (κ2) is 10.5. The number of carbonyl (C=O) groups is 1. The molecule has 15 heteroatoms. The van der Waals surface area contributed by atoms with Gasteiger partial charge in [-0.3, -0.25) is 4.79 Å². The zero-order valence-corrected chi connectivity index (χ0v) is 21.6. The van der Waals surface area contributed by atoms with Crippen LogP contribution < -0.4 is 4.74 Å². The van der Waals surface area contributed by atoms with Crippen molar-refractivity contribution in [1.82, 2.24) is 9.78 Å². The number of ether oxygens (including phenoxy) is 1. The van der Waals surface area contributed by atoms with E-state index in [1.165, 1.54) is 6.20 Å². The summed E-state index contributed by atoms with van der Waals surface area (Å²) in [5, 5.41) is 2.74. The average Bonchev–Trinajstić information content (AvgIpc) is 3.48. The lowest BCUT2D eigenvalue weighted by atomic mass is 9.93. The first-order chi connectivity index (χ1) is 18.9. The molecule has 222 valence electrons. The predicted octanol–water partition coefficient (Wildman–Crippen LogP) is 8.78. The highest BCUT2D eigenvalue weighted by molar-refractivity contribution is 6.32. The Hall–Kier alpha value is -3.29. The molecule has 1 aliphatic rings. The van der Waals surface area contributed by atoms with E-state index in [0.29, 0.717) is 28.7 Å². The maximum absolute atomic E-state index is 14.6. The first-order valence-electron chi connectivity index (χ1n) is 12.0. The van der Waals surface area contributed by atoms with E-state index in [0.717, 1.165) is 30.2 Å². The molecule has 0 fully saturated rings. The first-order valence-corrected chi connectivity index (χ1v) is 12.4. The molecule has 4 nitrogen and oxygen atoms in total. The third-order valence-corrected chi connectivity index (χ3v) is 7.08. The van der Waals surface area contributed by atoms with Crippen LogP contribution in [0.2, 0.25) is 5.02 Å². The van der Waals surface area contributed by atoms with E-state index in [4.69, 9.17) is 11.6 Å². The number of benzene rings is 2. The van der Waals surface area contributed by atoms with Crippen molar-refractivity contribution >= 4 is 17.4 Å². The van der Waals surface area contributed by atoms with Crippen LogP contribution in [-0.4, -0.2) is 34.3 Å². The predicted molar refractivity (Wildman–Crippen MR) is 127 cm³/mol. The molecule has 0 aliphatic heterocycles. The highest BCUT2D eigenvalue weighted by atomic mass is 35.5. The smallest absolute Gasteiger partial charge is 0.403 e. The van der Waals surface area contributed by atoms with Crippen molar-refractivity contribution in [2.75, 3.05) is 0 Å². The van der Waals surface area contributed by atoms with Crippen molar-refractivity contribution in [3.63, 3.8) is 0 Å². The molecular weight excluding hydrogens is 598 g/mol. The highest BCUT2D eigenvalue weighted by Crippen LogP contribution is 2.55. The van der Waals surface area contributed by atoms with Crippen LogP contribution in [0.5, 0.6) is 5.75 Å². The summed E-state index contributed by atoms with van der Waals surface area (Å²) in [6.07, 6.45) is -14.3. The van der Waals surface area contributed by atoms with Crippen LogP contribution in [0.25, 0.3) is 16.8 Å². The molecule has 0 saturated carbocycles. The monoisotopic (exact) mass is 616 g/mol. The number of ketones is 1. The molecule has 2 aromatic carbocycles. The summed E-state index contributed by atoms with van der Waals surface area (Å²) in [6, 6.07) is 4.84. The first kappa shape index (κ1) is 30.7. The molecule has 1 atom stereocenters. The van der Waals surface area contributed by atoms with E-state index in [1.54, 1.807) is 19.1 Å². The lowest BCUT2D eigenvalue weighted by molar-refractivity contribution is -0.348. The Balaban J connectivity index is 1.80. The summed E-state index contributed by atoms with van der Waals surface area (Å²) in [5.74, 6) is -1.61. The third-order valence-electron chi connectivity index (χ3n) is 6.79. The summed E-state index contributed by atoms with van der Waals surface area (Å²) in [7, 11) is 0. The van der Waals surface area contributed by atoms with Gasteiger partial charge in [-0.1, -0.05) is 36.7 Å². The van der Waals surface area contributed by atoms with E-state index < -0.39 is 46.4 Å². The van der Waals surface area contributed by atoms with Gasteiger partial charge in [0.15, 0.2) is 5.75 Å². The van der Waals surface area contributed by atoms with Gasteiger partial charge in [0.1, 0.15) is 11.5 Å². The van der Waals surface area contributed by atoms with Crippen LogP contribution in [0.3, 0.4) is 0 Å². The Kier molecular flexibility index (Phi) is 7.87. The number of Topliss-reactive ketones (excluding diaryl/α,β-unsaturated/α-hetero) is 1. The molecule has 0 bridgehead atoms. The molecule has 1 aromatic heterocycles. The Bertz CT molecular complexity index is 1450. The maximum atomic E-state index is 14.6. The van der Waals surface area contributed by atoms with Crippen LogP contribution in [0.4, 0.5) is 43.9 Å². The van der Waals surface area contributed by atoms with Crippen molar-refractivity contribution < 1.29 is 53.4 Å². The molecule has 0 spiro atoms. The van der Waals surface area contributed by atoms with Crippen molar-refractivity contribution in [1.29, 1.82) is 0 Å². The number of nitrogens with zero attached hydrogens (tertiary/aromatic N) is 2. The summed E-state index contributed by atoms with van der Waals surface area (Å²) < 4.78 is 138. The lowest BCUT2D eigenvalue weighted by Gasteiger charge is -2.31. The molecule has 1 heterocycles. The number of hydrogen-bond donors (Lipinski definition) is 0. The van der Waals surface area contributed by atoms with E-state index >= 15 is 0 Å². The van der Waals surface area contributed by atoms with Crippen LogP contribution in [-0.2, 0) is 16.9 Å². The summed E-state index contributed by atoms with van der Waals surface area (Å²) in [6.45, 7) is 1.75. The molecule has 0 amide bonds. The molecule has 3 aromatic rings. The topological polar surface area (TPSA) is 44.1 Å². The Morgan fingerprint density at radius 2 is 1.66 bits per heavy atom. The van der Waals surface area contributed by atoms with Gasteiger partial charge in [0, 0.05) is 30.2 Å². The van der Waals surface area contributed by atoms with E-state index in [2.05, 4.69) is 9.84 Å². The minimum Gasteiger partial charge on any atom is -0.403 e. The summed E-state index contributed by atoms with van der Waals surface area (Å²) in [5.41, 5.74) is -6.46. The van der Waals surface area contributed by atoms with Gasteiger partial charge in [0.2, 0.25) is 0 Å². The van der Waals surface area contributed by atoms with Gasteiger partial charge < -0.3 is 4.74 Å². The average molecular weight is 617 g/mol. The third kappa shape index (κ3) is 5.88. The second-order valence-electron chi connectivity index (χ2n) is 9.43. The maximum Gasteiger partial charge on any atom is 0.573 e. The zero-order chi connectivity index (χ0) is 30.5. The van der Waals surface area contributed by atoms with Gasteiger partial charge in [-0.05, 0) is 47.6 Å². The van der Waals surface area contributed by atoms with Gasteiger partial charge >= 0.3 is 24.4 Å². The largest absolute Gasteiger partial charge is 0.573 e. The molecule has 0 radical (unpaired) electrons. The van der Waals surface area contributed by atoms with Crippen molar-refractivity contribution in [3.8, 4) is 22.6 Å². The zero-order valence-electron chi connectivity index (χ0n) is 20.8. The quantitative estimate of drug-likeness (QED) is 0.249. The molecule has 1 unspecified atom stereocenters. The Morgan fingerprint density at radius 3 is 2.24 bits per heavy atom. The number of hydrogen-bond acceptors (Lipinski definition) is 3. The second-order valence-corrected chi connectivity index (χ2v) is 9.83. The fraction of sp³-hybridized carbons (Fsp3) is 0.385. The summed E-state index contributed by atoms with van der Waals surface area (Å²) >= 11 is 5.88. The minimum absolute atomic E-state index is 0.0375. The Morgan fingerprint density at radius 1 is 1.00 bits per heavy atom. The number of alkyl halides is 10. The molecule has 41 heavy (non-hydrogen) atoms. The van der Waals surface area contributed by atoms with Gasteiger partial charge in [-0.25, -0.2) is 9.07 Å². The van der Waals surface area contributed by atoms with Gasteiger partial charge in [-0.15, -0.1) is 13.2 Å². The highest BCUT2D eigenvalue weighted by Gasteiger charge is 2.73. The van der Waals surface area contributed by atoms with E-state index in [-0.39, 0.29) is 23.8 Å². The minimum atomic E-state index is -6.60. The SMILES string of the molecule is CCC(=O)CC1CCc2ccc(-c3cnn(-c4c(Cl)cc(C(F)(C(F)(F)F)C(F)(F)F)cc4OC(F)(F)F)c3)cc21. The van der Waals surface area contributed by atoms with Crippen LogP contribution in [0.15, 0.2) is 42.7 Å². The van der Waals surface area contributed by atoms with Crippen molar-refractivity contribution in [3.05, 3.63) is 64.4 Å². The van der Waals surface area contributed by atoms with Crippen molar-refractivity contribution in [2.45, 2.75) is 62.9 Å². The van der Waals surface area contributed by atoms with Gasteiger partial charge in [0.05, 0.1) is 11.2 Å². The van der Waals surface area contributed by atoms with Crippen molar-refractivity contribution in [2.24, 2.45) is 0 Å². The van der Waals surface area contributed by atoms with Gasteiger partial charge in [0.25, 0.3) is 0 Å². The fourth-order valence-electron chi connectivity index (χ4n) is 4.78. The molecule has 0 N–H and O–H groups in total. The van der Waals surface area contributed by atoms with Crippen LogP contribution >= 0.6 is 11.6 Å². The number of carbonyl (C=O) groups excluding carboxylic acids is 1. The summed E-state index contributed by atoms with van der Waals surface area (Å²) in [4.78, 5) is 12.0. The Labute approximate surface area is 230 Å². The van der Waals surface area contributed by atoms with E-state index in [9.17, 15) is 48.7 Å². The van der Waals surface area contributed by atoms with Crippen LogP contribution in [0.1, 0.15) is 48.8 Å². The van der Waals surface area contributed by atoms with Gasteiger partial charge in [-0.2, -0.15) is 31.4 Å². The number of rotatable bonds is 7. The lowest BCUT2D eigenvalue weighted by Crippen LogP contribution is -2.50. The molecule has 1 aliphatic carbocycles. The van der Waals surface area contributed by atoms with Crippen LogP contribution in [0, 0.1) is 0 Å². The molecular formula is C26H19ClF10N2O2. The fourth-order valence-corrected chi connectivity index (χ4v) is 5.08. The normalized spacial score (nSPS) is 16.1. The molecule has 4 rings (SSSR count). The number of halogens is 11. The number of aromatic nitrogens is 2. The molecule has 0 saturated heterocycles. The number of fused-ring (bicyclic) bond motifs is 1. The van der Waals surface area contributed by atoms with E-state index in [1.807, 2.05) is 6.07 Å². The standard InChI is InChI=1S/C26H19ClF10N2O2/c1-2-18(40)7-15-6-4-13-3-5-14(8-19(13)15)16-11-38-39(12-16)22-20(27)9-17(10-21(22)41-26(35,36)37)23(28,24(29,30)31)25(32,33)34/h3,5,8-12,15H,2,4,6-7H2,1H3. The number of aryl methyl sites for hydroxylation is 1.